The normalized spacial score (nSPS) is 15.3. The number of rotatable bonds is 3. The lowest BCUT2D eigenvalue weighted by atomic mass is 10.2. The standard InChI is InChI=1S/C14H21N3O2/c1-3-15-14(18)17-9-7-16(8-10-17)12-5-4-6-13(11-12)19-2/h4-6,11H,3,7-10H2,1-2H3,(H,15,18). The van der Waals surface area contributed by atoms with Gasteiger partial charge in [-0.1, -0.05) is 6.07 Å². The van der Waals surface area contributed by atoms with Crippen molar-refractivity contribution in [2.24, 2.45) is 0 Å². The van der Waals surface area contributed by atoms with E-state index in [1.165, 1.54) is 0 Å². The molecule has 0 atom stereocenters. The van der Waals surface area contributed by atoms with Crippen molar-refractivity contribution in [1.29, 1.82) is 0 Å². The first-order chi connectivity index (χ1) is 9.24. The van der Waals surface area contributed by atoms with Gasteiger partial charge in [-0.25, -0.2) is 4.79 Å². The third kappa shape index (κ3) is 3.30. The third-order valence-corrected chi connectivity index (χ3v) is 3.31. The van der Waals surface area contributed by atoms with Crippen LogP contribution in [-0.4, -0.2) is 50.8 Å². The Morgan fingerprint density at radius 2 is 2.05 bits per heavy atom. The number of ether oxygens (including phenoxy) is 1. The Labute approximate surface area is 114 Å². The second kappa shape index (κ2) is 6.31. The summed E-state index contributed by atoms with van der Waals surface area (Å²) < 4.78 is 5.24. The van der Waals surface area contributed by atoms with Gasteiger partial charge in [0.2, 0.25) is 0 Å². The number of anilines is 1. The Kier molecular flexibility index (Phi) is 4.49. The van der Waals surface area contributed by atoms with Crippen molar-refractivity contribution >= 4 is 11.7 Å². The zero-order chi connectivity index (χ0) is 13.7. The van der Waals surface area contributed by atoms with Crippen LogP contribution in [-0.2, 0) is 0 Å². The first-order valence-corrected chi connectivity index (χ1v) is 6.66. The van der Waals surface area contributed by atoms with Crippen LogP contribution in [0.5, 0.6) is 5.75 Å². The highest BCUT2D eigenvalue weighted by atomic mass is 16.5. The predicted octanol–water partition coefficient (Wildman–Crippen LogP) is 1.55. The molecule has 0 radical (unpaired) electrons. The monoisotopic (exact) mass is 263 g/mol. The molecule has 0 aromatic heterocycles. The summed E-state index contributed by atoms with van der Waals surface area (Å²) in [6, 6.07) is 8.07. The molecule has 19 heavy (non-hydrogen) atoms. The first-order valence-electron chi connectivity index (χ1n) is 6.66. The van der Waals surface area contributed by atoms with E-state index in [0.717, 1.165) is 37.6 Å². The highest BCUT2D eigenvalue weighted by Crippen LogP contribution is 2.21. The minimum Gasteiger partial charge on any atom is -0.497 e. The summed E-state index contributed by atoms with van der Waals surface area (Å²) in [6.07, 6.45) is 0. The second-order valence-electron chi connectivity index (χ2n) is 4.51. The van der Waals surface area contributed by atoms with Crippen molar-refractivity contribution in [3.8, 4) is 5.75 Å². The first kappa shape index (κ1) is 13.5. The number of carbonyl (C=O) groups excluding carboxylic acids is 1. The van der Waals surface area contributed by atoms with Gasteiger partial charge in [-0.15, -0.1) is 0 Å². The van der Waals surface area contributed by atoms with Gasteiger partial charge in [0, 0.05) is 44.5 Å². The van der Waals surface area contributed by atoms with E-state index in [0.29, 0.717) is 6.54 Å². The van der Waals surface area contributed by atoms with E-state index >= 15 is 0 Å². The van der Waals surface area contributed by atoms with Crippen molar-refractivity contribution in [3.05, 3.63) is 24.3 Å². The Hall–Kier alpha value is -1.91. The Morgan fingerprint density at radius 3 is 2.68 bits per heavy atom. The second-order valence-corrected chi connectivity index (χ2v) is 4.51. The largest absolute Gasteiger partial charge is 0.497 e. The van der Waals surface area contributed by atoms with Crippen LogP contribution in [0.4, 0.5) is 10.5 Å². The molecule has 5 heteroatoms. The van der Waals surface area contributed by atoms with Crippen LogP contribution in [0.1, 0.15) is 6.92 Å². The van der Waals surface area contributed by atoms with Gasteiger partial charge in [-0.2, -0.15) is 0 Å². The predicted molar refractivity (Wildman–Crippen MR) is 75.9 cm³/mol. The van der Waals surface area contributed by atoms with E-state index in [2.05, 4.69) is 16.3 Å². The van der Waals surface area contributed by atoms with E-state index in [1.54, 1.807) is 7.11 Å². The van der Waals surface area contributed by atoms with Crippen molar-refractivity contribution in [2.75, 3.05) is 44.7 Å². The number of benzene rings is 1. The average Bonchev–Trinajstić information content (AvgIpc) is 2.48. The summed E-state index contributed by atoms with van der Waals surface area (Å²) in [5, 5.41) is 2.84. The molecule has 0 spiro atoms. The number of nitrogens with one attached hydrogen (secondary N) is 1. The third-order valence-electron chi connectivity index (χ3n) is 3.31. The number of nitrogens with zero attached hydrogens (tertiary/aromatic N) is 2. The molecule has 1 saturated heterocycles. The topological polar surface area (TPSA) is 44.8 Å². The maximum atomic E-state index is 11.7. The summed E-state index contributed by atoms with van der Waals surface area (Å²) >= 11 is 0. The quantitative estimate of drug-likeness (QED) is 0.900. The van der Waals surface area contributed by atoms with Crippen LogP contribution >= 0.6 is 0 Å². The molecule has 1 N–H and O–H groups in total. The molecule has 1 fully saturated rings. The van der Waals surface area contributed by atoms with Gasteiger partial charge in [0.05, 0.1) is 7.11 Å². The van der Waals surface area contributed by atoms with Crippen LogP contribution in [0.3, 0.4) is 0 Å². The maximum Gasteiger partial charge on any atom is 0.317 e. The zero-order valence-corrected chi connectivity index (χ0v) is 11.6. The molecular formula is C14H21N3O2. The molecule has 0 aliphatic carbocycles. The number of carbonyl (C=O) groups is 1. The number of hydrogen-bond donors (Lipinski definition) is 1. The van der Waals surface area contributed by atoms with Crippen LogP contribution in [0.15, 0.2) is 24.3 Å². The summed E-state index contributed by atoms with van der Waals surface area (Å²) in [5.74, 6) is 0.864. The van der Waals surface area contributed by atoms with E-state index in [4.69, 9.17) is 4.74 Å². The molecule has 1 heterocycles. The molecule has 2 amide bonds. The SMILES string of the molecule is CCNC(=O)N1CCN(c2cccc(OC)c2)CC1. The van der Waals surface area contributed by atoms with E-state index in [1.807, 2.05) is 30.0 Å². The molecule has 0 unspecified atom stereocenters. The van der Waals surface area contributed by atoms with Crippen molar-refractivity contribution in [2.45, 2.75) is 6.92 Å². The summed E-state index contributed by atoms with van der Waals surface area (Å²) in [7, 11) is 1.67. The van der Waals surface area contributed by atoms with E-state index < -0.39 is 0 Å². The minimum absolute atomic E-state index is 0.0350. The Bertz CT molecular complexity index is 428. The molecule has 104 valence electrons. The molecule has 1 aliphatic rings. The van der Waals surface area contributed by atoms with Gasteiger partial charge in [0.1, 0.15) is 5.75 Å². The van der Waals surface area contributed by atoms with Crippen LogP contribution in [0.25, 0.3) is 0 Å². The Morgan fingerprint density at radius 1 is 1.32 bits per heavy atom. The zero-order valence-electron chi connectivity index (χ0n) is 11.6. The number of methoxy groups -OCH3 is 1. The van der Waals surface area contributed by atoms with Crippen LogP contribution in [0.2, 0.25) is 0 Å². The molecule has 0 saturated carbocycles. The minimum atomic E-state index is 0.0350. The number of piperazine rings is 1. The lowest BCUT2D eigenvalue weighted by molar-refractivity contribution is 0.195. The number of hydrogen-bond acceptors (Lipinski definition) is 3. The molecule has 1 aliphatic heterocycles. The molecular weight excluding hydrogens is 242 g/mol. The van der Waals surface area contributed by atoms with Gasteiger partial charge in [-0.3, -0.25) is 0 Å². The number of amides is 2. The fourth-order valence-corrected chi connectivity index (χ4v) is 2.24. The smallest absolute Gasteiger partial charge is 0.317 e. The molecule has 1 aromatic rings. The van der Waals surface area contributed by atoms with Crippen LogP contribution < -0.4 is 15.0 Å². The van der Waals surface area contributed by atoms with Crippen molar-refractivity contribution < 1.29 is 9.53 Å². The average molecular weight is 263 g/mol. The molecule has 5 nitrogen and oxygen atoms in total. The highest BCUT2D eigenvalue weighted by molar-refractivity contribution is 5.74. The maximum absolute atomic E-state index is 11.7. The highest BCUT2D eigenvalue weighted by Gasteiger charge is 2.20. The van der Waals surface area contributed by atoms with Gasteiger partial charge < -0.3 is 19.9 Å². The number of urea groups is 1. The fraction of sp³-hybridized carbons (Fsp3) is 0.500. The Balaban J connectivity index is 1.94. The lowest BCUT2D eigenvalue weighted by Gasteiger charge is -2.36. The lowest BCUT2D eigenvalue weighted by Crippen LogP contribution is -2.51. The van der Waals surface area contributed by atoms with E-state index in [9.17, 15) is 4.79 Å². The van der Waals surface area contributed by atoms with Crippen molar-refractivity contribution in [1.82, 2.24) is 10.2 Å². The summed E-state index contributed by atoms with van der Waals surface area (Å²) in [6.45, 7) is 5.82. The summed E-state index contributed by atoms with van der Waals surface area (Å²) in [4.78, 5) is 15.9. The molecule has 1 aromatic carbocycles. The van der Waals surface area contributed by atoms with Crippen LogP contribution in [0, 0.1) is 0 Å². The van der Waals surface area contributed by atoms with Gasteiger partial charge in [0.25, 0.3) is 0 Å². The van der Waals surface area contributed by atoms with Gasteiger partial charge >= 0.3 is 6.03 Å². The molecule has 0 bridgehead atoms. The van der Waals surface area contributed by atoms with Gasteiger partial charge in [-0.05, 0) is 19.1 Å². The van der Waals surface area contributed by atoms with Crippen molar-refractivity contribution in [3.63, 3.8) is 0 Å². The molecule has 2 rings (SSSR count). The van der Waals surface area contributed by atoms with Gasteiger partial charge in [0.15, 0.2) is 0 Å². The summed E-state index contributed by atoms with van der Waals surface area (Å²) in [5.41, 5.74) is 1.15. The fourth-order valence-electron chi connectivity index (χ4n) is 2.24. The van der Waals surface area contributed by atoms with E-state index in [-0.39, 0.29) is 6.03 Å².